The zero-order valence-electron chi connectivity index (χ0n) is 19.0. The van der Waals surface area contributed by atoms with Crippen molar-refractivity contribution in [1.29, 1.82) is 0 Å². The fourth-order valence-electron chi connectivity index (χ4n) is 4.49. The number of fused-ring (bicyclic) bond motifs is 2. The van der Waals surface area contributed by atoms with Crippen LogP contribution in [0, 0.1) is 0 Å². The lowest BCUT2D eigenvalue weighted by molar-refractivity contribution is 0.104. The molecule has 0 bridgehead atoms. The zero-order chi connectivity index (χ0) is 22.4. The summed E-state index contributed by atoms with van der Waals surface area (Å²) in [6.45, 7) is 7.62. The molecule has 1 amide bonds. The number of allylic oxidation sites excluding steroid dienone is 1. The first-order valence-corrected chi connectivity index (χ1v) is 11.6. The highest BCUT2D eigenvalue weighted by atomic mass is 35.5. The van der Waals surface area contributed by atoms with E-state index < -0.39 is 0 Å². The van der Waals surface area contributed by atoms with Gasteiger partial charge in [0.25, 0.3) is 0 Å². The molecule has 5 nitrogen and oxygen atoms in total. The molecule has 31 heavy (non-hydrogen) atoms. The first kappa shape index (κ1) is 23.3. The summed E-state index contributed by atoms with van der Waals surface area (Å²) >= 11 is 6.31. The first-order valence-electron chi connectivity index (χ1n) is 11.2. The summed E-state index contributed by atoms with van der Waals surface area (Å²) in [4.78, 5) is 13.9. The van der Waals surface area contributed by atoms with E-state index in [0.717, 1.165) is 36.5 Å². The van der Waals surface area contributed by atoms with Gasteiger partial charge in [-0.3, -0.25) is 0 Å². The van der Waals surface area contributed by atoms with Crippen molar-refractivity contribution in [3.05, 3.63) is 63.5 Å². The molecule has 0 radical (unpaired) electrons. The van der Waals surface area contributed by atoms with Crippen molar-refractivity contribution in [3.8, 4) is 0 Å². The minimum atomic E-state index is -0.214. The number of nitrogens with zero attached hydrogens (tertiary/aromatic N) is 1. The van der Waals surface area contributed by atoms with Gasteiger partial charge < -0.3 is 19.7 Å². The largest absolute Gasteiger partial charge is 0.495 e. The first-order chi connectivity index (χ1) is 15.1. The molecule has 3 aliphatic rings. The summed E-state index contributed by atoms with van der Waals surface area (Å²) in [5, 5.41) is 4.34. The van der Waals surface area contributed by atoms with Crippen LogP contribution in [-0.4, -0.2) is 43.8 Å². The second kappa shape index (κ2) is 10.8. The average molecular weight is 445 g/mol. The van der Waals surface area contributed by atoms with Gasteiger partial charge in [0.15, 0.2) is 0 Å². The Hall–Kier alpha value is -2.40. The van der Waals surface area contributed by atoms with Crippen LogP contribution in [0.5, 0.6) is 0 Å². The van der Waals surface area contributed by atoms with Crippen molar-refractivity contribution >= 4 is 23.3 Å². The Morgan fingerprint density at radius 2 is 1.94 bits per heavy atom. The Kier molecular flexibility index (Phi) is 8.08. The van der Waals surface area contributed by atoms with Crippen molar-refractivity contribution in [2.45, 2.75) is 52.5 Å². The molecule has 1 fully saturated rings. The number of rotatable bonds is 2. The van der Waals surface area contributed by atoms with Gasteiger partial charge in [-0.2, -0.15) is 0 Å². The normalized spacial score (nSPS) is 20.0. The van der Waals surface area contributed by atoms with Gasteiger partial charge in [0.2, 0.25) is 0 Å². The molecule has 1 aromatic rings. The van der Waals surface area contributed by atoms with Crippen molar-refractivity contribution in [1.82, 2.24) is 10.2 Å². The van der Waals surface area contributed by atoms with Crippen molar-refractivity contribution < 1.29 is 14.3 Å². The Balaban J connectivity index is 0.00000132. The summed E-state index contributed by atoms with van der Waals surface area (Å²) in [5.74, 6) is 0.849. The summed E-state index contributed by atoms with van der Waals surface area (Å²) in [7, 11) is 1.70. The molecule has 6 heteroatoms. The van der Waals surface area contributed by atoms with Crippen LogP contribution in [0.3, 0.4) is 0 Å². The van der Waals surface area contributed by atoms with Gasteiger partial charge in [-0.1, -0.05) is 37.1 Å². The van der Waals surface area contributed by atoms with E-state index in [9.17, 15) is 4.79 Å². The minimum Gasteiger partial charge on any atom is -0.495 e. The number of carbonyl (C=O) groups excluding carboxylic acids is 1. The number of ether oxygens (including phenoxy) is 2. The molecule has 0 spiro atoms. The molecule has 1 unspecified atom stereocenters. The highest BCUT2D eigenvalue weighted by molar-refractivity contribution is 6.30. The Labute approximate surface area is 190 Å². The molecule has 168 valence electrons. The Bertz CT molecular complexity index is 894. The maximum atomic E-state index is 12.1. The second-order valence-electron chi connectivity index (χ2n) is 7.57. The van der Waals surface area contributed by atoms with Crippen molar-refractivity contribution in [3.63, 3.8) is 0 Å². The highest BCUT2D eigenvalue weighted by Crippen LogP contribution is 2.40. The van der Waals surface area contributed by atoms with Crippen molar-refractivity contribution in [2.24, 2.45) is 0 Å². The lowest BCUT2D eigenvalue weighted by Gasteiger charge is -2.33. The fourth-order valence-corrected chi connectivity index (χ4v) is 4.68. The van der Waals surface area contributed by atoms with Gasteiger partial charge in [-0.25, -0.2) is 4.79 Å². The second-order valence-corrected chi connectivity index (χ2v) is 8.01. The van der Waals surface area contributed by atoms with E-state index >= 15 is 0 Å². The van der Waals surface area contributed by atoms with Crippen LogP contribution < -0.4 is 5.32 Å². The number of amides is 1. The van der Waals surface area contributed by atoms with Gasteiger partial charge in [0.05, 0.1) is 19.8 Å². The SMILES string of the molecule is CC.CCOC(=O)N1CCC(=C2c3ccc(Cl)cc3CCC3=CC(OC)=CNC32)CC1. The number of methoxy groups -OCH3 is 1. The maximum absolute atomic E-state index is 12.1. The molecule has 1 aliphatic carbocycles. The molecule has 4 rings (SSSR count). The van der Waals surface area contributed by atoms with Crippen LogP contribution in [0.15, 0.2) is 47.4 Å². The number of hydrogen-bond donors (Lipinski definition) is 1. The van der Waals surface area contributed by atoms with Crippen LogP contribution >= 0.6 is 11.6 Å². The molecule has 2 heterocycles. The number of halogens is 1. The number of nitrogens with one attached hydrogen (secondary N) is 1. The van der Waals surface area contributed by atoms with Gasteiger partial charge in [-0.15, -0.1) is 0 Å². The van der Waals surface area contributed by atoms with E-state index in [1.165, 1.54) is 27.8 Å². The quantitative estimate of drug-likeness (QED) is 0.635. The van der Waals surface area contributed by atoms with E-state index in [1.807, 2.05) is 33.0 Å². The Morgan fingerprint density at radius 3 is 2.61 bits per heavy atom. The average Bonchev–Trinajstić information content (AvgIpc) is 2.96. The standard InChI is InChI=1S/C23H27ClN2O3.C2H6/c1-3-29-23(27)26-10-8-15(9-11-26)21-20-7-6-18(24)12-16(20)4-5-17-13-19(28-2)14-25-22(17)21;1-2/h6-7,12-14,22,25H,3-5,8-11H2,1-2H3;1-2H3. The number of likely N-dealkylation sites (tertiary alicyclic amines) is 1. The predicted molar refractivity (Wildman–Crippen MR) is 126 cm³/mol. The molecule has 1 atom stereocenters. The van der Waals surface area contributed by atoms with Crippen LogP contribution in [0.4, 0.5) is 4.79 Å². The van der Waals surface area contributed by atoms with E-state index in [1.54, 1.807) is 12.0 Å². The minimum absolute atomic E-state index is 0.125. The predicted octanol–water partition coefficient (Wildman–Crippen LogP) is 5.70. The van der Waals surface area contributed by atoms with Gasteiger partial charge in [0, 0.05) is 24.3 Å². The van der Waals surface area contributed by atoms with Crippen LogP contribution in [0.2, 0.25) is 5.02 Å². The fraction of sp³-hybridized carbons (Fsp3) is 0.480. The molecule has 1 aromatic carbocycles. The van der Waals surface area contributed by atoms with Crippen LogP contribution in [0.25, 0.3) is 5.57 Å². The molecule has 1 saturated heterocycles. The zero-order valence-corrected chi connectivity index (χ0v) is 19.7. The number of piperidine rings is 1. The number of aryl methyl sites for hydroxylation is 1. The maximum Gasteiger partial charge on any atom is 0.409 e. The van der Waals surface area contributed by atoms with E-state index in [4.69, 9.17) is 21.1 Å². The van der Waals surface area contributed by atoms with Gasteiger partial charge in [0.1, 0.15) is 5.76 Å². The summed E-state index contributed by atoms with van der Waals surface area (Å²) in [5.41, 5.74) is 6.60. The van der Waals surface area contributed by atoms with Gasteiger partial charge >= 0.3 is 6.09 Å². The highest BCUT2D eigenvalue weighted by Gasteiger charge is 2.31. The van der Waals surface area contributed by atoms with Gasteiger partial charge in [-0.05, 0) is 73.1 Å². The monoisotopic (exact) mass is 444 g/mol. The topological polar surface area (TPSA) is 50.8 Å². The third kappa shape index (κ3) is 5.09. The third-order valence-corrected chi connectivity index (χ3v) is 6.16. The Morgan fingerprint density at radius 1 is 1.19 bits per heavy atom. The lowest BCUT2D eigenvalue weighted by Crippen LogP contribution is -2.38. The number of hydrogen-bond acceptors (Lipinski definition) is 4. The molecular weight excluding hydrogens is 412 g/mol. The van der Waals surface area contributed by atoms with E-state index in [0.29, 0.717) is 19.7 Å². The number of carbonyl (C=O) groups is 1. The van der Waals surface area contributed by atoms with Crippen LogP contribution in [-0.2, 0) is 15.9 Å². The molecular formula is C25H33ClN2O3. The number of dihydropyridines is 1. The molecule has 0 aromatic heterocycles. The molecule has 1 N–H and O–H groups in total. The number of benzene rings is 1. The lowest BCUT2D eigenvalue weighted by atomic mass is 9.85. The molecule has 2 aliphatic heterocycles. The summed E-state index contributed by atoms with van der Waals surface area (Å²) < 4.78 is 10.6. The summed E-state index contributed by atoms with van der Waals surface area (Å²) in [6, 6.07) is 6.34. The summed E-state index contributed by atoms with van der Waals surface area (Å²) in [6.07, 6.45) is 7.49. The van der Waals surface area contributed by atoms with Crippen molar-refractivity contribution in [2.75, 3.05) is 26.8 Å². The smallest absolute Gasteiger partial charge is 0.409 e. The van der Waals surface area contributed by atoms with E-state index in [2.05, 4.69) is 23.5 Å². The third-order valence-electron chi connectivity index (χ3n) is 5.93. The molecule has 0 saturated carbocycles. The van der Waals surface area contributed by atoms with Crippen LogP contribution in [0.1, 0.15) is 51.2 Å². The van der Waals surface area contributed by atoms with E-state index in [-0.39, 0.29) is 12.1 Å².